The van der Waals surface area contributed by atoms with Gasteiger partial charge in [-0.15, -0.1) is 0 Å². The van der Waals surface area contributed by atoms with Gasteiger partial charge in [0.05, 0.1) is 17.6 Å². The smallest absolute Gasteiger partial charge is 0.408 e. The second-order valence-corrected chi connectivity index (χ2v) is 4.68. The number of esters is 1. The SMILES string of the molecule is CC(=O)OCC(=O)Nc1cnc(Cl)cc1NC(C)C(F)(F)F. The maximum Gasteiger partial charge on any atom is 0.408 e. The number of hydrogen-bond donors (Lipinski definition) is 2. The molecule has 6 nitrogen and oxygen atoms in total. The summed E-state index contributed by atoms with van der Waals surface area (Å²) in [6.45, 7) is 1.47. The van der Waals surface area contributed by atoms with Gasteiger partial charge in [-0.1, -0.05) is 11.6 Å². The molecular formula is C12H13ClF3N3O3. The number of ether oxygens (including phenoxy) is 1. The normalized spacial score (nSPS) is 12.5. The van der Waals surface area contributed by atoms with Crippen LogP contribution in [0.25, 0.3) is 0 Å². The standard InChI is InChI=1S/C12H13ClF3N3O3/c1-6(12(14,15)16)18-8-3-10(13)17-4-9(8)19-11(21)5-22-7(2)20/h3-4,6H,5H2,1-2H3,(H,17,18)(H,19,21). The molecule has 1 heterocycles. The Morgan fingerprint density at radius 1 is 1.41 bits per heavy atom. The summed E-state index contributed by atoms with van der Waals surface area (Å²) in [5, 5.41) is 4.43. The maximum atomic E-state index is 12.6. The number of nitrogens with one attached hydrogen (secondary N) is 2. The van der Waals surface area contributed by atoms with Crippen LogP contribution in [0.4, 0.5) is 24.5 Å². The maximum absolute atomic E-state index is 12.6. The summed E-state index contributed by atoms with van der Waals surface area (Å²) in [6, 6.07) is -0.722. The molecule has 1 unspecified atom stereocenters. The lowest BCUT2D eigenvalue weighted by atomic mass is 10.2. The zero-order valence-corrected chi connectivity index (χ0v) is 12.4. The molecule has 10 heteroatoms. The molecule has 1 atom stereocenters. The average Bonchev–Trinajstić information content (AvgIpc) is 2.38. The summed E-state index contributed by atoms with van der Waals surface area (Å²) in [6.07, 6.45) is -3.38. The number of amides is 1. The van der Waals surface area contributed by atoms with Crippen molar-refractivity contribution in [1.82, 2.24) is 4.98 Å². The van der Waals surface area contributed by atoms with Gasteiger partial charge in [-0.3, -0.25) is 9.59 Å². The minimum absolute atomic E-state index is 0.0161. The van der Waals surface area contributed by atoms with E-state index in [-0.39, 0.29) is 16.5 Å². The number of hydrogen-bond acceptors (Lipinski definition) is 5. The van der Waals surface area contributed by atoms with E-state index in [2.05, 4.69) is 20.4 Å². The van der Waals surface area contributed by atoms with E-state index in [1.165, 1.54) is 0 Å². The van der Waals surface area contributed by atoms with E-state index in [1.807, 2.05) is 0 Å². The molecule has 0 bridgehead atoms. The number of carbonyl (C=O) groups is 2. The Kier molecular flexibility index (Phi) is 5.98. The van der Waals surface area contributed by atoms with Crippen molar-refractivity contribution >= 4 is 34.9 Å². The number of carbonyl (C=O) groups excluding carboxylic acids is 2. The molecule has 0 saturated carbocycles. The number of rotatable bonds is 5. The van der Waals surface area contributed by atoms with Gasteiger partial charge in [0.25, 0.3) is 5.91 Å². The number of anilines is 2. The lowest BCUT2D eigenvalue weighted by Crippen LogP contribution is -2.33. The van der Waals surface area contributed by atoms with E-state index in [0.29, 0.717) is 0 Å². The van der Waals surface area contributed by atoms with Crippen molar-refractivity contribution < 1.29 is 27.5 Å². The van der Waals surface area contributed by atoms with Crippen molar-refractivity contribution in [2.45, 2.75) is 26.1 Å². The topological polar surface area (TPSA) is 80.3 Å². The quantitative estimate of drug-likeness (QED) is 0.636. The molecule has 2 N–H and O–H groups in total. The number of alkyl halides is 3. The first-order chi connectivity index (χ1) is 10.1. The predicted molar refractivity (Wildman–Crippen MR) is 73.6 cm³/mol. The number of halogens is 4. The second-order valence-electron chi connectivity index (χ2n) is 4.29. The molecule has 22 heavy (non-hydrogen) atoms. The van der Waals surface area contributed by atoms with Crippen LogP contribution in [0.2, 0.25) is 5.15 Å². The van der Waals surface area contributed by atoms with Gasteiger partial charge in [0.1, 0.15) is 11.2 Å². The number of nitrogens with zero attached hydrogens (tertiary/aromatic N) is 1. The van der Waals surface area contributed by atoms with Crippen molar-refractivity contribution in [2.75, 3.05) is 17.2 Å². The lowest BCUT2D eigenvalue weighted by Gasteiger charge is -2.20. The largest absolute Gasteiger partial charge is 0.456 e. The third-order valence-corrected chi connectivity index (χ3v) is 2.62. The highest BCUT2D eigenvalue weighted by Gasteiger charge is 2.36. The summed E-state index contributed by atoms with van der Waals surface area (Å²) in [5.74, 6) is -1.38. The van der Waals surface area contributed by atoms with Crippen LogP contribution in [0.1, 0.15) is 13.8 Å². The summed E-state index contributed by atoms with van der Waals surface area (Å²) in [4.78, 5) is 25.8. The van der Waals surface area contributed by atoms with Crippen LogP contribution >= 0.6 is 11.6 Å². The predicted octanol–water partition coefficient (Wildman–Crippen LogP) is 2.60. The Bertz CT molecular complexity index is 566. The van der Waals surface area contributed by atoms with Crippen molar-refractivity contribution in [3.8, 4) is 0 Å². The van der Waals surface area contributed by atoms with Gasteiger partial charge < -0.3 is 15.4 Å². The molecule has 0 radical (unpaired) electrons. The molecular weight excluding hydrogens is 327 g/mol. The number of aromatic nitrogens is 1. The van der Waals surface area contributed by atoms with Gasteiger partial charge in [0.2, 0.25) is 0 Å². The first-order valence-electron chi connectivity index (χ1n) is 6.01. The summed E-state index contributed by atoms with van der Waals surface area (Å²) < 4.78 is 42.2. The molecule has 0 aliphatic rings. The van der Waals surface area contributed by atoms with Gasteiger partial charge in [0.15, 0.2) is 6.61 Å². The highest BCUT2D eigenvalue weighted by atomic mass is 35.5. The average molecular weight is 340 g/mol. The fourth-order valence-electron chi connectivity index (χ4n) is 1.32. The Labute approximate surface area is 129 Å². The van der Waals surface area contributed by atoms with Gasteiger partial charge in [-0.2, -0.15) is 13.2 Å². The van der Waals surface area contributed by atoms with Crippen LogP contribution in [-0.2, 0) is 14.3 Å². The number of pyridine rings is 1. The highest BCUT2D eigenvalue weighted by molar-refractivity contribution is 6.29. The van der Waals surface area contributed by atoms with Crippen molar-refractivity contribution in [3.63, 3.8) is 0 Å². The Morgan fingerprint density at radius 2 is 2.05 bits per heavy atom. The van der Waals surface area contributed by atoms with Gasteiger partial charge in [-0.05, 0) is 6.92 Å². The first-order valence-corrected chi connectivity index (χ1v) is 6.39. The molecule has 1 aromatic heterocycles. The lowest BCUT2D eigenvalue weighted by molar-refractivity contribution is -0.145. The van der Waals surface area contributed by atoms with Crippen molar-refractivity contribution in [3.05, 3.63) is 17.4 Å². The van der Waals surface area contributed by atoms with E-state index in [1.54, 1.807) is 0 Å². The Balaban J connectivity index is 2.86. The second kappa shape index (κ2) is 7.30. The van der Waals surface area contributed by atoms with Gasteiger partial charge in [0, 0.05) is 13.0 Å². The summed E-state index contributed by atoms with van der Waals surface area (Å²) >= 11 is 5.64. The molecule has 1 amide bonds. The van der Waals surface area contributed by atoms with Crippen molar-refractivity contribution in [2.24, 2.45) is 0 Å². The third kappa shape index (κ3) is 5.76. The highest BCUT2D eigenvalue weighted by Crippen LogP contribution is 2.28. The molecule has 0 aliphatic heterocycles. The summed E-state index contributed by atoms with van der Waals surface area (Å²) in [7, 11) is 0. The van der Waals surface area contributed by atoms with Gasteiger partial charge >= 0.3 is 12.1 Å². The molecule has 1 rings (SSSR count). The van der Waals surface area contributed by atoms with Crippen LogP contribution in [0.5, 0.6) is 0 Å². The molecule has 0 saturated heterocycles. The van der Waals surface area contributed by atoms with Gasteiger partial charge in [-0.25, -0.2) is 4.98 Å². The van der Waals surface area contributed by atoms with E-state index in [9.17, 15) is 22.8 Å². The van der Waals surface area contributed by atoms with Crippen LogP contribution in [0.15, 0.2) is 12.3 Å². The molecule has 0 aliphatic carbocycles. The summed E-state index contributed by atoms with van der Waals surface area (Å²) in [5.41, 5.74) is -0.0707. The molecule has 0 aromatic carbocycles. The molecule has 0 spiro atoms. The minimum Gasteiger partial charge on any atom is -0.456 e. The third-order valence-electron chi connectivity index (χ3n) is 2.41. The minimum atomic E-state index is -4.48. The fourth-order valence-corrected chi connectivity index (χ4v) is 1.48. The molecule has 122 valence electrons. The van der Waals surface area contributed by atoms with Crippen LogP contribution in [0.3, 0.4) is 0 Å². The van der Waals surface area contributed by atoms with Crippen molar-refractivity contribution in [1.29, 1.82) is 0 Å². The monoisotopic (exact) mass is 339 g/mol. The fraction of sp³-hybridized carbons (Fsp3) is 0.417. The zero-order chi connectivity index (χ0) is 16.9. The van der Waals surface area contributed by atoms with E-state index in [4.69, 9.17) is 11.6 Å². The molecule has 0 fully saturated rings. The van der Waals surface area contributed by atoms with E-state index >= 15 is 0 Å². The van der Waals surface area contributed by atoms with Crippen LogP contribution in [-0.4, -0.2) is 35.7 Å². The van der Waals surface area contributed by atoms with Crippen LogP contribution < -0.4 is 10.6 Å². The van der Waals surface area contributed by atoms with E-state index in [0.717, 1.165) is 26.1 Å². The molecule has 1 aromatic rings. The zero-order valence-electron chi connectivity index (χ0n) is 11.6. The van der Waals surface area contributed by atoms with E-state index < -0.39 is 30.7 Å². The first kappa shape index (κ1) is 18.0. The Morgan fingerprint density at radius 3 is 2.59 bits per heavy atom. The Hall–Kier alpha value is -2.03. The van der Waals surface area contributed by atoms with Crippen LogP contribution in [0, 0.1) is 0 Å².